The molecule has 2 aromatic carbocycles. The van der Waals surface area contributed by atoms with E-state index in [0.29, 0.717) is 29.6 Å². The van der Waals surface area contributed by atoms with Crippen molar-refractivity contribution in [1.29, 1.82) is 0 Å². The molecule has 0 amide bonds. The van der Waals surface area contributed by atoms with Gasteiger partial charge in [0, 0.05) is 6.54 Å². The lowest BCUT2D eigenvalue weighted by atomic mass is 9.86. The number of nitrogen functional groups attached to an aromatic ring is 2. The number of benzene rings is 2. The molecule has 0 radical (unpaired) electrons. The van der Waals surface area contributed by atoms with E-state index < -0.39 is 6.10 Å². The van der Waals surface area contributed by atoms with Gasteiger partial charge in [0.1, 0.15) is 24.2 Å². The van der Waals surface area contributed by atoms with Gasteiger partial charge >= 0.3 is 0 Å². The molecule has 0 aromatic heterocycles. The molecule has 2 aromatic rings. The van der Waals surface area contributed by atoms with E-state index in [9.17, 15) is 5.11 Å². The maximum absolute atomic E-state index is 10.5. The molecule has 194 valence electrons. The van der Waals surface area contributed by atoms with Crippen LogP contribution in [-0.4, -0.2) is 49.0 Å². The largest absolute Gasteiger partial charge is 0.493 e. The number of ether oxygens (including phenoxy) is 2. The Morgan fingerprint density at radius 3 is 2.21 bits per heavy atom. The molecule has 5 N–H and O–H groups in total. The molecule has 34 heavy (non-hydrogen) atoms. The highest BCUT2D eigenvalue weighted by atomic mass is 35.5. The van der Waals surface area contributed by atoms with Gasteiger partial charge in [-0.05, 0) is 67.1 Å². The Morgan fingerprint density at radius 2 is 1.62 bits per heavy atom. The van der Waals surface area contributed by atoms with E-state index in [0.717, 1.165) is 43.9 Å². The van der Waals surface area contributed by atoms with Crippen molar-refractivity contribution in [3.05, 3.63) is 48.0 Å². The van der Waals surface area contributed by atoms with E-state index in [1.54, 1.807) is 0 Å². The van der Waals surface area contributed by atoms with Crippen molar-refractivity contribution in [2.75, 3.05) is 44.3 Å². The maximum atomic E-state index is 10.5. The fraction of sp³-hybridized carbons (Fsp3) is 0.520. The van der Waals surface area contributed by atoms with Crippen LogP contribution in [0.4, 0.5) is 11.4 Å². The zero-order chi connectivity index (χ0) is 22.4. The normalized spacial score (nSPS) is 15.3. The van der Waals surface area contributed by atoms with Crippen molar-refractivity contribution in [3.8, 4) is 11.5 Å². The van der Waals surface area contributed by atoms with E-state index in [-0.39, 0.29) is 49.2 Å². The summed E-state index contributed by atoms with van der Waals surface area (Å²) in [4.78, 5) is 2.29. The average molecular weight is 537 g/mol. The third kappa shape index (κ3) is 9.59. The van der Waals surface area contributed by atoms with Crippen LogP contribution in [0.5, 0.6) is 11.5 Å². The molecule has 3 rings (SSSR count). The Balaban J connectivity index is 0.00000363. The van der Waals surface area contributed by atoms with E-state index in [2.05, 4.69) is 25.7 Å². The predicted molar refractivity (Wildman–Crippen MR) is 148 cm³/mol. The molecule has 9 heteroatoms. The smallest absolute Gasteiger partial charge is 0.144 e. The van der Waals surface area contributed by atoms with E-state index in [1.165, 1.54) is 0 Å². The van der Waals surface area contributed by atoms with Crippen molar-refractivity contribution in [1.82, 2.24) is 4.90 Å². The quantitative estimate of drug-likeness (QED) is 0.414. The summed E-state index contributed by atoms with van der Waals surface area (Å²) in [5.74, 6) is 2.02. The van der Waals surface area contributed by atoms with Crippen LogP contribution in [0.1, 0.15) is 39.2 Å². The lowest BCUT2D eigenvalue weighted by Crippen LogP contribution is -2.41. The number of aliphatic hydroxyl groups excluding tert-OH is 1. The summed E-state index contributed by atoms with van der Waals surface area (Å²) in [5, 5.41) is 10.5. The average Bonchev–Trinajstić information content (AvgIpc) is 2.74. The van der Waals surface area contributed by atoms with Gasteiger partial charge in [-0.2, -0.15) is 0 Å². The number of β-amino-alcohol motifs (C(OH)–C–C–N with tert-alkyl or cyclic N) is 1. The maximum Gasteiger partial charge on any atom is 0.144 e. The van der Waals surface area contributed by atoms with Crippen molar-refractivity contribution >= 4 is 48.6 Å². The zero-order valence-electron chi connectivity index (χ0n) is 20.2. The number of hydrogen-bond acceptors (Lipinski definition) is 6. The molecule has 0 bridgehead atoms. The number of aliphatic hydroxyl groups is 1. The fourth-order valence-corrected chi connectivity index (χ4v) is 3.80. The molecule has 0 aliphatic carbocycles. The Hall–Kier alpha value is -1.57. The van der Waals surface area contributed by atoms with Gasteiger partial charge in [-0.15, -0.1) is 37.2 Å². The van der Waals surface area contributed by atoms with Crippen molar-refractivity contribution in [2.45, 2.75) is 45.1 Å². The number of nitrogens with two attached hydrogens (primary N) is 2. The first kappa shape index (κ1) is 32.4. The summed E-state index contributed by atoms with van der Waals surface area (Å²) in [6.07, 6.45) is 1.55. The topological polar surface area (TPSA) is 94.0 Å². The number of anilines is 2. The molecule has 1 aliphatic rings. The van der Waals surface area contributed by atoms with Crippen LogP contribution in [0.2, 0.25) is 0 Å². The molecule has 1 saturated heterocycles. The number of rotatable bonds is 8. The summed E-state index contributed by atoms with van der Waals surface area (Å²) < 4.78 is 11.8. The molecule has 0 saturated carbocycles. The Kier molecular flexibility index (Phi) is 14.1. The van der Waals surface area contributed by atoms with Gasteiger partial charge < -0.3 is 30.9 Å². The van der Waals surface area contributed by atoms with Gasteiger partial charge in [0.05, 0.1) is 18.0 Å². The second-order valence-electron chi connectivity index (χ2n) is 9.56. The van der Waals surface area contributed by atoms with E-state index in [4.69, 9.17) is 20.9 Å². The molecule has 6 nitrogen and oxygen atoms in total. The van der Waals surface area contributed by atoms with Gasteiger partial charge in [-0.3, -0.25) is 0 Å². The van der Waals surface area contributed by atoms with Crippen LogP contribution in [0.15, 0.2) is 42.5 Å². The zero-order valence-corrected chi connectivity index (χ0v) is 22.7. The molecule has 1 atom stereocenters. The number of piperidine rings is 1. The Labute approximate surface area is 222 Å². The van der Waals surface area contributed by atoms with Gasteiger partial charge in [-0.25, -0.2) is 0 Å². The molecule has 1 unspecified atom stereocenters. The first-order valence-corrected chi connectivity index (χ1v) is 11.1. The van der Waals surface area contributed by atoms with Gasteiger partial charge in [0.2, 0.25) is 0 Å². The van der Waals surface area contributed by atoms with Crippen LogP contribution in [-0.2, 0) is 5.41 Å². The molecule has 1 heterocycles. The second kappa shape index (κ2) is 14.7. The number of halogens is 3. The molecule has 1 aliphatic heterocycles. The number of nitrogens with zero attached hydrogens (tertiary/aromatic N) is 1. The standard InChI is InChI=1S/C25H37N3O3.3ClH/c1-25(2,3)19-13-22(26)24(27)23(14-19)31-17-20(29)15-28-11-9-18(10-12-28)16-30-21-7-5-4-6-8-21;;;/h4-8,13-14,18,20,29H,9-12,15-17,26-27H2,1-3H3;3*1H. The summed E-state index contributed by atoms with van der Waals surface area (Å²) in [6.45, 7) is 9.77. The summed E-state index contributed by atoms with van der Waals surface area (Å²) in [5.41, 5.74) is 14.1. The first-order chi connectivity index (χ1) is 14.7. The molecule has 1 fully saturated rings. The highest BCUT2D eigenvalue weighted by molar-refractivity contribution is 5.86. The monoisotopic (exact) mass is 535 g/mol. The highest BCUT2D eigenvalue weighted by Crippen LogP contribution is 2.34. The Bertz CT molecular complexity index is 843. The van der Waals surface area contributed by atoms with Gasteiger partial charge in [-0.1, -0.05) is 39.0 Å². The lowest BCUT2D eigenvalue weighted by Gasteiger charge is -2.33. The van der Waals surface area contributed by atoms with Gasteiger partial charge in [0.15, 0.2) is 0 Å². The number of hydrogen-bond donors (Lipinski definition) is 3. The highest BCUT2D eigenvalue weighted by Gasteiger charge is 2.23. The van der Waals surface area contributed by atoms with Crippen LogP contribution in [0.25, 0.3) is 0 Å². The van der Waals surface area contributed by atoms with E-state index in [1.807, 2.05) is 42.5 Å². The molecular weight excluding hydrogens is 497 g/mol. The first-order valence-electron chi connectivity index (χ1n) is 11.1. The van der Waals surface area contributed by atoms with Crippen molar-refractivity contribution < 1.29 is 14.6 Å². The lowest BCUT2D eigenvalue weighted by molar-refractivity contribution is 0.0505. The summed E-state index contributed by atoms with van der Waals surface area (Å²) in [6, 6.07) is 13.8. The van der Waals surface area contributed by atoms with Crippen LogP contribution in [0.3, 0.4) is 0 Å². The van der Waals surface area contributed by atoms with Crippen LogP contribution in [0, 0.1) is 5.92 Å². The van der Waals surface area contributed by atoms with Gasteiger partial charge in [0.25, 0.3) is 0 Å². The minimum absolute atomic E-state index is 0. The third-order valence-electron chi connectivity index (χ3n) is 5.88. The minimum Gasteiger partial charge on any atom is -0.493 e. The fourth-order valence-electron chi connectivity index (χ4n) is 3.80. The van der Waals surface area contributed by atoms with Crippen LogP contribution >= 0.6 is 37.2 Å². The van der Waals surface area contributed by atoms with Crippen molar-refractivity contribution in [2.24, 2.45) is 5.92 Å². The third-order valence-corrected chi connectivity index (χ3v) is 5.88. The SMILES string of the molecule is CC(C)(C)c1cc(N)c(N)c(OCC(O)CN2CCC(COc3ccccc3)CC2)c1.Cl.Cl.Cl. The van der Waals surface area contributed by atoms with Crippen LogP contribution < -0.4 is 20.9 Å². The molecule has 0 spiro atoms. The van der Waals surface area contributed by atoms with E-state index >= 15 is 0 Å². The minimum atomic E-state index is -0.587. The number of para-hydroxylation sites is 1. The summed E-state index contributed by atoms with van der Waals surface area (Å²) >= 11 is 0. The van der Waals surface area contributed by atoms with Crippen molar-refractivity contribution in [3.63, 3.8) is 0 Å². The summed E-state index contributed by atoms with van der Waals surface area (Å²) in [7, 11) is 0. The number of likely N-dealkylation sites (tertiary alicyclic amines) is 1. The predicted octanol–water partition coefficient (Wildman–Crippen LogP) is 4.94. The Morgan fingerprint density at radius 1 is 1.00 bits per heavy atom. The molecular formula is C25H40Cl3N3O3. The second-order valence-corrected chi connectivity index (χ2v) is 9.56.